The van der Waals surface area contributed by atoms with Crippen LogP contribution in [-0.4, -0.2) is 40.4 Å². The monoisotopic (exact) mass is 277 g/mol. The summed E-state index contributed by atoms with van der Waals surface area (Å²) in [7, 11) is 1.32. The van der Waals surface area contributed by atoms with Crippen molar-refractivity contribution in [1.29, 1.82) is 0 Å². The summed E-state index contributed by atoms with van der Waals surface area (Å²) in [6.45, 7) is 2.47. The maximum absolute atomic E-state index is 10.9. The summed E-state index contributed by atoms with van der Waals surface area (Å²) < 4.78 is 9.74. The smallest absolute Gasteiger partial charge is 0.321 e. The molecule has 0 saturated heterocycles. The van der Waals surface area contributed by atoms with Gasteiger partial charge in [-0.05, 0) is 18.0 Å². The van der Waals surface area contributed by atoms with E-state index < -0.39 is 0 Å². The van der Waals surface area contributed by atoms with Crippen molar-refractivity contribution >= 4 is 29.3 Å². The highest BCUT2D eigenvalue weighted by atomic mass is 35.5. The first kappa shape index (κ1) is 14.0. The molecule has 1 heterocycles. The maximum atomic E-state index is 10.9. The van der Waals surface area contributed by atoms with Crippen LogP contribution in [0.25, 0.3) is 0 Å². The minimum Gasteiger partial charge on any atom is -0.468 e. The number of esters is 1. The summed E-state index contributed by atoms with van der Waals surface area (Å²) in [5.74, 6) is -0.244. The number of hydrogen-bond donors (Lipinski definition) is 0. The van der Waals surface area contributed by atoms with Crippen LogP contribution in [-0.2, 0) is 9.53 Å². The highest BCUT2D eigenvalue weighted by molar-refractivity contribution is 7.99. The van der Waals surface area contributed by atoms with Crippen LogP contribution in [0.3, 0.4) is 0 Å². The molecular formula is C9H12ClN3O3S. The van der Waals surface area contributed by atoms with E-state index in [1.165, 1.54) is 7.11 Å². The Morgan fingerprint density at radius 2 is 2.18 bits per heavy atom. The van der Waals surface area contributed by atoms with Crippen LogP contribution in [0.1, 0.15) is 13.3 Å². The lowest BCUT2D eigenvalue weighted by molar-refractivity contribution is -0.137. The first-order valence-corrected chi connectivity index (χ1v) is 6.26. The van der Waals surface area contributed by atoms with E-state index in [9.17, 15) is 4.79 Å². The van der Waals surface area contributed by atoms with Gasteiger partial charge in [0, 0.05) is 0 Å². The van der Waals surface area contributed by atoms with E-state index in [4.69, 9.17) is 16.3 Å². The van der Waals surface area contributed by atoms with Gasteiger partial charge in [0.15, 0.2) is 5.16 Å². The normalized spacial score (nSPS) is 10.1. The summed E-state index contributed by atoms with van der Waals surface area (Å²) in [5, 5.41) is 0.375. The van der Waals surface area contributed by atoms with Gasteiger partial charge in [-0.2, -0.15) is 15.0 Å². The number of halogens is 1. The predicted octanol–water partition coefficient (Wildman–Crippen LogP) is 1.58. The number of carbonyl (C=O) groups excluding carboxylic acids is 1. The van der Waals surface area contributed by atoms with Crippen molar-refractivity contribution in [3.8, 4) is 6.01 Å². The van der Waals surface area contributed by atoms with Gasteiger partial charge in [-0.3, -0.25) is 4.79 Å². The zero-order valence-corrected chi connectivity index (χ0v) is 11.0. The Labute approximate surface area is 108 Å². The molecule has 0 saturated carbocycles. The molecule has 0 spiro atoms. The van der Waals surface area contributed by atoms with Crippen LogP contribution in [0.15, 0.2) is 5.16 Å². The van der Waals surface area contributed by atoms with E-state index in [0.29, 0.717) is 11.8 Å². The Kier molecular flexibility index (Phi) is 5.99. The standard InChI is InChI=1S/C9H12ClN3O3S/c1-3-4-16-8-11-7(10)12-9(13-8)17-5-6(14)15-2/h3-5H2,1-2H3. The van der Waals surface area contributed by atoms with E-state index >= 15 is 0 Å². The molecule has 0 bridgehead atoms. The Bertz CT molecular complexity index is 392. The molecule has 0 atom stereocenters. The number of methoxy groups -OCH3 is 1. The zero-order valence-electron chi connectivity index (χ0n) is 9.47. The number of thioether (sulfide) groups is 1. The third kappa shape index (κ3) is 5.18. The van der Waals surface area contributed by atoms with Gasteiger partial charge in [0.1, 0.15) is 0 Å². The van der Waals surface area contributed by atoms with Crippen LogP contribution in [0.2, 0.25) is 5.28 Å². The molecule has 0 N–H and O–H groups in total. The van der Waals surface area contributed by atoms with Crippen molar-refractivity contribution in [2.75, 3.05) is 19.5 Å². The second kappa shape index (κ2) is 7.29. The van der Waals surface area contributed by atoms with Crippen molar-refractivity contribution in [3.63, 3.8) is 0 Å². The van der Waals surface area contributed by atoms with Crippen molar-refractivity contribution in [1.82, 2.24) is 15.0 Å². The molecule has 0 aromatic carbocycles. The number of aromatic nitrogens is 3. The third-order valence-corrected chi connectivity index (χ3v) is 2.54. The molecule has 1 aromatic heterocycles. The molecule has 0 aliphatic heterocycles. The van der Waals surface area contributed by atoms with Gasteiger partial charge in [-0.25, -0.2) is 0 Å². The molecule has 0 amide bonds. The van der Waals surface area contributed by atoms with Gasteiger partial charge in [0.25, 0.3) is 0 Å². The third-order valence-electron chi connectivity index (χ3n) is 1.55. The molecule has 0 aliphatic rings. The van der Waals surface area contributed by atoms with Crippen LogP contribution in [0.5, 0.6) is 6.01 Å². The number of carbonyl (C=O) groups is 1. The van der Waals surface area contributed by atoms with Crippen molar-refractivity contribution < 1.29 is 14.3 Å². The van der Waals surface area contributed by atoms with E-state index in [1.807, 2.05) is 6.92 Å². The molecule has 1 rings (SSSR count). The zero-order chi connectivity index (χ0) is 12.7. The lowest BCUT2D eigenvalue weighted by atomic mass is 10.5. The molecule has 0 unspecified atom stereocenters. The summed E-state index contributed by atoms with van der Waals surface area (Å²) in [6, 6.07) is 0.166. The lowest BCUT2D eigenvalue weighted by Crippen LogP contribution is -2.06. The largest absolute Gasteiger partial charge is 0.468 e. The van der Waals surface area contributed by atoms with Crippen LogP contribution >= 0.6 is 23.4 Å². The van der Waals surface area contributed by atoms with Crippen LogP contribution in [0.4, 0.5) is 0 Å². The Balaban J connectivity index is 2.65. The fraction of sp³-hybridized carbons (Fsp3) is 0.556. The van der Waals surface area contributed by atoms with Gasteiger partial charge >= 0.3 is 12.0 Å². The SMILES string of the molecule is CCCOc1nc(Cl)nc(SCC(=O)OC)n1. The van der Waals surface area contributed by atoms with E-state index in [1.54, 1.807) is 0 Å². The summed E-state index contributed by atoms with van der Waals surface area (Å²) in [6.07, 6.45) is 0.841. The Morgan fingerprint density at radius 3 is 2.82 bits per heavy atom. The van der Waals surface area contributed by atoms with E-state index in [2.05, 4.69) is 19.7 Å². The minimum atomic E-state index is -0.359. The number of nitrogens with zero attached hydrogens (tertiary/aromatic N) is 3. The highest BCUT2D eigenvalue weighted by Gasteiger charge is 2.09. The van der Waals surface area contributed by atoms with Crippen molar-refractivity contribution in [3.05, 3.63) is 5.28 Å². The van der Waals surface area contributed by atoms with E-state index in [0.717, 1.165) is 18.2 Å². The molecule has 0 aliphatic carbocycles. The average molecular weight is 278 g/mol. The first-order chi connectivity index (χ1) is 8.15. The summed E-state index contributed by atoms with van der Waals surface area (Å²) in [4.78, 5) is 22.6. The molecule has 0 radical (unpaired) electrons. The molecule has 0 fully saturated rings. The summed E-state index contributed by atoms with van der Waals surface area (Å²) in [5.41, 5.74) is 0. The fourth-order valence-electron chi connectivity index (χ4n) is 0.820. The average Bonchev–Trinajstić information content (AvgIpc) is 2.32. The summed E-state index contributed by atoms with van der Waals surface area (Å²) >= 11 is 6.82. The number of ether oxygens (including phenoxy) is 2. The Hall–Kier alpha value is -1.08. The lowest BCUT2D eigenvalue weighted by Gasteiger charge is -2.04. The molecular weight excluding hydrogens is 266 g/mol. The minimum absolute atomic E-state index is 0.0402. The molecule has 17 heavy (non-hydrogen) atoms. The quantitative estimate of drug-likeness (QED) is 0.577. The van der Waals surface area contributed by atoms with Crippen LogP contribution < -0.4 is 4.74 Å². The van der Waals surface area contributed by atoms with Gasteiger partial charge in [0.05, 0.1) is 19.5 Å². The van der Waals surface area contributed by atoms with Gasteiger partial charge in [-0.15, -0.1) is 0 Å². The molecule has 1 aromatic rings. The first-order valence-electron chi connectivity index (χ1n) is 4.89. The number of rotatable bonds is 6. The second-order valence-electron chi connectivity index (χ2n) is 2.88. The molecule has 6 nitrogen and oxygen atoms in total. The topological polar surface area (TPSA) is 74.2 Å². The highest BCUT2D eigenvalue weighted by Crippen LogP contribution is 2.17. The van der Waals surface area contributed by atoms with Gasteiger partial charge < -0.3 is 9.47 Å². The predicted molar refractivity (Wildman–Crippen MR) is 63.4 cm³/mol. The number of hydrogen-bond acceptors (Lipinski definition) is 7. The molecule has 8 heteroatoms. The second-order valence-corrected chi connectivity index (χ2v) is 4.16. The van der Waals surface area contributed by atoms with Gasteiger partial charge in [-0.1, -0.05) is 18.7 Å². The van der Waals surface area contributed by atoms with Crippen molar-refractivity contribution in [2.24, 2.45) is 0 Å². The molecule has 94 valence electrons. The van der Waals surface area contributed by atoms with Crippen LogP contribution in [0, 0.1) is 0 Å². The maximum Gasteiger partial charge on any atom is 0.321 e. The van der Waals surface area contributed by atoms with E-state index in [-0.39, 0.29) is 23.0 Å². The van der Waals surface area contributed by atoms with Crippen molar-refractivity contribution in [2.45, 2.75) is 18.5 Å². The fourth-order valence-corrected chi connectivity index (χ4v) is 1.68. The van der Waals surface area contributed by atoms with Gasteiger partial charge in [0.2, 0.25) is 5.28 Å². The Morgan fingerprint density at radius 1 is 1.41 bits per heavy atom.